The van der Waals surface area contributed by atoms with E-state index in [9.17, 15) is 9.59 Å². The molecule has 3 rings (SSSR count). The van der Waals surface area contributed by atoms with Crippen LogP contribution in [0.4, 0.5) is 0 Å². The summed E-state index contributed by atoms with van der Waals surface area (Å²) in [6.45, 7) is 0. The van der Waals surface area contributed by atoms with Crippen molar-refractivity contribution in [1.29, 1.82) is 0 Å². The van der Waals surface area contributed by atoms with Gasteiger partial charge in [0, 0.05) is 16.7 Å². The summed E-state index contributed by atoms with van der Waals surface area (Å²) >= 11 is 13.2. The first-order valence-electron chi connectivity index (χ1n) is 7.00. The summed E-state index contributed by atoms with van der Waals surface area (Å²) in [6, 6.07) is 14.0. The van der Waals surface area contributed by atoms with Crippen LogP contribution in [0.3, 0.4) is 0 Å². The second-order valence-corrected chi connectivity index (χ2v) is 6.90. The van der Waals surface area contributed by atoms with E-state index in [1.807, 2.05) is 12.1 Å². The van der Waals surface area contributed by atoms with Gasteiger partial charge in [0.25, 0.3) is 5.56 Å². The van der Waals surface area contributed by atoms with Crippen molar-refractivity contribution >= 4 is 52.5 Å². The fourth-order valence-corrected chi connectivity index (χ4v) is 3.44. The minimum absolute atomic E-state index is 0.252. The number of H-pyrrole nitrogens is 1. The van der Waals surface area contributed by atoms with E-state index in [-0.39, 0.29) is 11.3 Å². The van der Waals surface area contributed by atoms with Crippen molar-refractivity contribution in [3.8, 4) is 0 Å². The number of hydrogen-bond donors (Lipinski definition) is 1. The number of nitrogens with one attached hydrogen (secondary N) is 1. The van der Waals surface area contributed by atoms with Gasteiger partial charge in [-0.1, -0.05) is 47.5 Å². The van der Waals surface area contributed by atoms with Crippen molar-refractivity contribution in [1.82, 2.24) is 4.98 Å². The molecule has 0 bridgehead atoms. The van der Waals surface area contributed by atoms with Crippen LogP contribution in [-0.2, 0) is 0 Å². The third-order valence-corrected chi connectivity index (χ3v) is 4.76. The Hall–Kier alpha value is -2.14. The molecular weight excluding hydrogens is 365 g/mol. The average Bonchev–Trinajstić information content (AvgIpc) is 2.87. The van der Waals surface area contributed by atoms with Crippen molar-refractivity contribution in [2.24, 2.45) is 0 Å². The quantitative estimate of drug-likeness (QED) is 0.714. The van der Waals surface area contributed by atoms with Gasteiger partial charge in [0.2, 0.25) is 0 Å². The van der Waals surface area contributed by atoms with Gasteiger partial charge >= 0.3 is 0 Å². The predicted molar refractivity (Wildman–Crippen MR) is 99.5 cm³/mol. The van der Waals surface area contributed by atoms with E-state index in [2.05, 4.69) is 4.98 Å². The number of aromatic nitrogens is 1. The lowest BCUT2D eigenvalue weighted by atomic mass is 10.1. The van der Waals surface area contributed by atoms with Gasteiger partial charge in [-0.25, -0.2) is 0 Å². The Balaban J connectivity index is 2.02. The Labute approximate surface area is 151 Å². The molecule has 0 atom stereocenters. The highest BCUT2D eigenvalue weighted by atomic mass is 35.5. The molecule has 0 unspecified atom stereocenters. The summed E-state index contributed by atoms with van der Waals surface area (Å²) in [7, 11) is 0. The normalized spacial score (nSPS) is 12.6. The number of rotatable bonds is 3. The van der Waals surface area contributed by atoms with Gasteiger partial charge in [0.05, 0.1) is 14.2 Å². The predicted octanol–water partition coefficient (Wildman–Crippen LogP) is 3.24. The molecule has 3 nitrogen and oxygen atoms in total. The van der Waals surface area contributed by atoms with Gasteiger partial charge in [-0.15, -0.1) is 11.3 Å². The number of carbonyl (C=O) groups is 1. The Bertz CT molecular complexity index is 1080. The van der Waals surface area contributed by atoms with Crippen molar-refractivity contribution in [3.05, 3.63) is 89.3 Å². The molecule has 0 saturated carbocycles. The molecule has 6 heteroatoms. The number of hydrogen-bond acceptors (Lipinski definition) is 3. The van der Waals surface area contributed by atoms with E-state index >= 15 is 0 Å². The maximum atomic E-state index is 12.3. The molecule has 24 heavy (non-hydrogen) atoms. The first-order chi connectivity index (χ1) is 11.5. The van der Waals surface area contributed by atoms with Gasteiger partial charge < -0.3 is 4.98 Å². The molecule has 0 amide bonds. The first-order valence-corrected chi connectivity index (χ1v) is 8.57. The van der Waals surface area contributed by atoms with Crippen molar-refractivity contribution in [2.75, 3.05) is 0 Å². The molecule has 1 heterocycles. The van der Waals surface area contributed by atoms with Gasteiger partial charge in [0.1, 0.15) is 0 Å². The number of halogens is 2. The lowest BCUT2D eigenvalue weighted by Crippen LogP contribution is -2.20. The molecule has 2 aromatic carbocycles. The molecule has 3 aromatic rings. The molecule has 0 spiro atoms. The summed E-state index contributed by atoms with van der Waals surface area (Å²) in [5.41, 5.74) is 0.964. The fraction of sp³-hybridized carbons (Fsp3) is 0. The van der Waals surface area contributed by atoms with E-state index in [1.165, 1.54) is 17.4 Å². The van der Waals surface area contributed by atoms with Crippen LogP contribution in [0.2, 0.25) is 10.0 Å². The minimum Gasteiger partial charge on any atom is -0.313 e. The van der Waals surface area contributed by atoms with Crippen LogP contribution in [0, 0.1) is 0 Å². The van der Waals surface area contributed by atoms with Crippen LogP contribution >= 0.6 is 34.5 Å². The second kappa shape index (κ2) is 7.18. The summed E-state index contributed by atoms with van der Waals surface area (Å²) in [4.78, 5) is 27.0. The summed E-state index contributed by atoms with van der Waals surface area (Å²) < 4.78 is 0.966. The number of benzene rings is 2. The van der Waals surface area contributed by atoms with Crippen LogP contribution in [-0.4, -0.2) is 10.8 Å². The first kappa shape index (κ1) is 16.7. The Morgan fingerprint density at radius 1 is 1.08 bits per heavy atom. The van der Waals surface area contributed by atoms with Gasteiger partial charge in [-0.05, 0) is 35.9 Å². The number of carbonyl (C=O) groups excluding carboxylic acids is 1. The zero-order valence-electron chi connectivity index (χ0n) is 12.3. The largest absolute Gasteiger partial charge is 0.313 e. The molecule has 0 aliphatic heterocycles. The highest BCUT2D eigenvalue weighted by Gasteiger charge is 2.07. The molecule has 0 saturated heterocycles. The summed E-state index contributed by atoms with van der Waals surface area (Å²) in [5, 5.41) is 0.973. The molecule has 0 aliphatic carbocycles. The van der Waals surface area contributed by atoms with Crippen LogP contribution in [0.15, 0.2) is 53.3 Å². The van der Waals surface area contributed by atoms with Crippen molar-refractivity contribution in [2.45, 2.75) is 0 Å². The zero-order valence-corrected chi connectivity index (χ0v) is 14.6. The van der Waals surface area contributed by atoms with E-state index in [0.717, 1.165) is 5.56 Å². The maximum absolute atomic E-state index is 12.3. The summed E-state index contributed by atoms with van der Waals surface area (Å²) in [6.07, 6.45) is 3.11. The Kier molecular flexibility index (Phi) is 5.00. The number of Topliss-reactive ketones (excluding diaryl/α,β-unsaturated/α-hetero) is 1. The number of thiazole rings is 1. The molecule has 120 valence electrons. The van der Waals surface area contributed by atoms with Crippen LogP contribution in [0.25, 0.3) is 12.2 Å². The highest BCUT2D eigenvalue weighted by molar-refractivity contribution is 7.07. The van der Waals surface area contributed by atoms with Crippen LogP contribution < -0.4 is 14.8 Å². The monoisotopic (exact) mass is 375 g/mol. The third-order valence-electron chi connectivity index (χ3n) is 3.23. The zero-order chi connectivity index (χ0) is 17.1. The lowest BCUT2D eigenvalue weighted by Gasteiger charge is -1.97. The molecule has 1 N–H and O–H groups in total. The smallest absolute Gasteiger partial charge is 0.266 e. The third kappa shape index (κ3) is 3.85. The fourth-order valence-electron chi connectivity index (χ4n) is 2.13. The van der Waals surface area contributed by atoms with Crippen molar-refractivity contribution in [3.63, 3.8) is 0 Å². The molecule has 0 aliphatic rings. The molecular formula is C18H11Cl2NO2S. The highest BCUT2D eigenvalue weighted by Crippen LogP contribution is 2.15. The lowest BCUT2D eigenvalue weighted by molar-refractivity contribution is 0.106. The number of aromatic amines is 1. The van der Waals surface area contributed by atoms with Gasteiger partial charge in [-0.2, -0.15) is 0 Å². The topological polar surface area (TPSA) is 49.9 Å². The van der Waals surface area contributed by atoms with E-state index in [0.29, 0.717) is 24.8 Å². The second-order valence-electron chi connectivity index (χ2n) is 4.97. The van der Waals surface area contributed by atoms with E-state index in [4.69, 9.17) is 23.2 Å². The number of ketones is 1. The molecule has 0 fully saturated rings. The van der Waals surface area contributed by atoms with Gasteiger partial charge in [0.15, 0.2) is 5.78 Å². The van der Waals surface area contributed by atoms with Crippen LogP contribution in [0.5, 0.6) is 0 Å². The standard InChI is InChI=1S/C18H11Cl2NO2S/c19-12-5-3-4-11(8-12)9-16-18(23)21-17(24-16)10-15(22)13-6-1-2-7-14(13)20/h1-10H,(H,21,23)/b16-9-,17-10-. The average molecular weight is 376 g/mol. The van der Waals surface area contributed by atoms with E-state index < -0.39 is 0 Å². The molecule has 0 radical (unpaired) electrons. The minimum atomic E-state index is -0.257. The van der Waals surface area contributed by atoms with Crippen molar-refractivity contribution < 1.29 is 4.79 Å². The Morgan fingerprint density at radius 2 is 1.88 bits per heavy atom. The SMILES string of the molecule is O=C(/C=c1/[nH]c(=O)/c(=C/c2cccc(Cl)c2)s1)c1ccccc1Cl. The Morgan fingerprint density at radius 3 is 2.62 bits per heavy atom. The summed E-state index contributed by atoms with van der Waals surface area (Å²) in [5.74, 6) is -0.257. The van der Waals surface area contributed by atoms with Gasteiger partial charge in [-0.3, -0.25) is 9.59 Å². The van der Waals surface area contributed by atoms with E-state index in [1.54, 1.807) is 42.5 Å². The molecule has 1 aromatic heterocycles. The maximum Gasteiger partial charge on any atom is 0.266 e. The van der Waals surface area contributed by atoms with Crippen LogP contribution in [0.1, 0.15) is 15.9 Å².